The van der Waals surface area contributed by atoms with E-state index in [0.29, 0.717) is 11.4 Å². The Morgan fingerprint density at radius 1 is 1.33 bits per heavy atom. The van der Waals surface area contributed by atoms with Crippen LogP contribution < -0.4 is 15.8 Å². The molecule has 0 fully saturated rings. The highest BCUT2D eigenvalue weighted by Gasteiger charge is 2.16. The summed E-state index contributed by atoms with van der Waals surface area (Å²) in [6.07, 6.45) is 1.75. The molecule has 1 unspecified atom stereocenters. The van der Waals surface area contributed by atoms with Crippen LogP contribution in [0.25, 0.3) is 0 Å². The maximum absolute atomic E-state index is 12.1. The third kappa shape index (κ3) is 3.21. The fraction of sp³-hybridized carbons (Fsp3) is 0.400. The molecule has 0 aliphatic heterocycles. The predicted octanol–water partition coefficient (Wildman–Crippen LogP) is 2.02. The first-order valence-corrected chi connectivity index (χ1v) is 6.86. The van der Waals surface area contributed by atoms with E-state index in [1.807, 2.05) is 45.0 Å². The molecule has 0 saturated heterocycles. The van der Waals surface area contributed by atoms with Crippen molar-refractivity contribution in [3.8, 4) is 0 Å². The number of nitrogens with zero attached hydrogens (tertiary/aromatic N) is 3. The minimum Gasteiger partial charge on any atom is -0.375 e. The first kappa shape index (κ1) is 15.0. The zero-order valence-electron chi connectivity index (χ0n) is 13.1. The average Bonchev–Trinajstić information content (AvgIpc) is 2.37. The van der Waals surface area contributed by atoms with E-state index in [0.717, 1.165) is 17.2 Å². The largest absolute Gasteiger partial charge is 0.375 e. The van der Waals surface area contributed by atoms with Crippen LogP contribution in [0.2, 0.25) is 0 Å². The van der Waals surface area contributed by atoms with Crippen molar-refractivity contribution in [2.75, 3.05) is 24.3 Å². The second-order valence-electron chi connectivity index (χ2n) is 5.29. The Balaban J connectivity index is 2.35. The first-order chi connectivity index (χ1) is 9.90. The second kappa shape index (κ2) is 5.95. The standard InChI is InChI=1S/C15H21N5O/c1-9-13(15(21)19-11(3)17-9)10(2)18-12-7-6-8-16-14(12)20(4)5/h6-8,10,18H,1-5H3,(H,17,19,21). The van der Waals surface area contributed by atoms with Gasteiger partial charge >= 0.3 is 0 Å². The molecule has 2 N–H and O–H groups in total. The molecule has 1 atom stereocenters. The van der Waals surface area contributed by atoms with Crippen molar-refractivity contribution in [3.05, 3.63) is 45.8 Å². The highest BCUT2D eigenvalue weighted by molar-refractivity contribution is 5.65. The van der Waals surface area contributed by atoms with E-state index in [4.69, 9.17) is 0 Å². The molecule has 0 spiro atoms. The number of anilines is 2. The Labute approximate surface area is 124 Å². The lowest BCUT2D eigenvalue weighted by Crippen LogP contribution is -2.24. The number of aromatic nitrogens is 3. The number of rotatable bonds is 4. The molecule has 0 bridgehead atoms. The Morgan fingerprint density at radius 3 is 2.67 bits per heavy atom. The minimum atomic E-state index is -0.162. The van der Waals surface area contributed by atoms with Gasteiger partial charge in [-0.15, -0.1) is 0 Å². The van der Waals surface area contributed by atoms with E-state index < -0.39 is 0 Å². The van der Waals surface area contributed by atoms with Crippen molar-refractivity contribution < 1.29 is 0 Å². The third-order valence-electron chi connectivity index (χ3n) is 3.28. The first-order valence-electron chi connectivity index (χ1n) is 6.86. The molecule has 6 heteroatoms. The van der Waals surface area contributed by atoms with Gasteiger partial charge in [0, 0.05) is 20.3 Å². The lowest BCUT2D eigenvalue weighted by molar-refractivity contribution is 0.812. The van der Waals surface area contributed by atoms with E-state index in [2.05, 4.69) is 20.3 Å². The van der Waals surface area contributed by atoms with E-state index in [1.165, 1.54) is 0 Å². The summed E-state index contributed by atoms with van der Waals surface area (Å²) in [4.78, 5) is 25.5. The van der Waals surface area contributed by atoms with E-state index >= 15 is 0 Å². The van der Waals surface area contributed by atoms with Crippen molar-refractivity contribution in [3.63, 3.8) is 0 Å². The van der Waals surface area contributed by atoms with Crippen molar-refractivity contribution >= 4 is 11.5 Å². The molecule has 2 rings (SSSR count). The van der Waals surface area contributed by atoms with Gasteiger partial charge in [0.1, 0.15) is 5.82 Å². The zero-order valence-corrected chi connectivity index (χ0v) is 13.1. The van der Waals surface area contributed by atoms with E-state index in [-0.39, 0.29) is 11.6 Å². The SMILES string of the molecule is Cc1nc(C)c(C(C)Nc2cccnc2N(C)C)c(=O)[nH]1. The van der Waals surface area contributed by atoms with Gasteiger partial charge < -0.3 is 15.2 Å². The molecule has 0 aliphatic rings. The average molecular weight is 287 g/mol. The molecule has 112 valence electrons. The molecule has 0 saturated carbocycles. The molecule has 21 heavy (non-hydrogen) atoms. The van der Waals surface area contributed by atoms with Crippen molar-refractivity contribution in [2.45, 2.75) is 26.8 Å². The van der Waals surface area contributed by atoms with Crippen LogP contribution >= 0.6 is 0 Å². The van der Waals surface area contributed by atoms with E-state index in [1.54, 1.807) is 13.1 Å². The highest BCUT2D eigenvalue weighted by atomic mass is 16.1. The summed E-state index contributed by atoms with van der Waals surface area (Å²) in [5, 5.41) is 3.35. The molecule has 0 aromatic carbocycles. The number of aryl methyl sites for hydroxylation is 2. The highest BCUT2D eigenvalue weighted by Crippen LogP contribution is 2.25. The van der Waals surface area contributed by atoms with Gasteiger partial charge in [-0.1, -0.05) is 0 Å². The Kier molecular flexibility index (Phi) is 4.26. The predicted molar refractivity (Wildman–Crippen MR) is 84.9 cm³/mol. The maximum atomic E-state index is 12.1. The molecule has 0 amide bonds. The number of H-pyrrole nitrogens is 1. The zero-order chi connectivity index (χ0) is 15.6. The number of nitrogens with one attached hydrogen (secondary N) is 2. The van der Waals surface area contributed by atoms with Crippen LogP contribution in [0.3, 0.4) is 0 Å². The number of pyridine rings is 1. The lowest BCUT2D eigenvalue weighted by atomic mass is 10.1. The van der Waals surface area contributed by atoms with Crippen LogP contribution in [0.4, 0.5) is 11.5 Å². The molecule has 2 heterocycles. The smallest absolute Gasteiger partial charge is 0.256 e. The summed E-state index contributed by atoms with van der Waals surface area (Å²) >= 11 is 0. The van der Waals surface area contributed by atoms with Crippen LogP contribution in [-0.2, 0) is 0 Å². The van der Waals surface area contributed by atoms with Crippen molar-refractivity contribution in [1.82, 2.24) is 15.0 Å². The molecular formula is C15H21N5O. The quantitative estimate of drug-likeness (QED) is 0.900. The molecule has 0 aliphatic carbocycles. The molecule has 6 nitrogen and oxygen atoms in total. The summed E-state index contributed by atoms with van der Waals surface area (Å²) < 4.78 is 0. The van der Waals surface area contributed by atoms with Crippen molar-refractivity contribution in [1.29, 1.82) is 0 Å². The molecule has 2 aromatic rings. The van der Waals surface area contributed by atoms with Crippen molar-refractivity contribution in [2.24, 2.45) is 0 Å². The summed E-state index contributed by atoms with van der Waals surface area (Å²) in [7, 11) is 3.87. The molecular weight excluding hydrogens is 266 g/mol. The van der Waals surface area contributed by atoms with Crippen LogP contribution in [0.5, 0.6) is 0 Å². The topological polar surface area (TPSA) is 73.9 Å². The van der Waals surface area contributed by atoms with Crippen LogP contribution in [0.1, 0.15) is 30.0 Å². The Bertz CT molecular complexity index is 693. The summed E-state index contributed by atoms with van der Waals surface area (Å²) in [5.74, 6) is 1.46. The third-order valence-corrected chi connectivity index (χ3v) is 3.28. The fourth-order valence-corrected chi connectivity index (χ4v) is 2.42. The van der Waals surface area contributed by atoms with Crippen LogP contribution in [0, 0.1) is 13.8 Å². The fourth-order valence-electron chi connectivity index (χ4n) is 2.42. The van der Waals surface area contributed by atoms with Crippen LogP contribution in [0.15, 0.2) is 23.1 Å². The van der Waals surface area contributed by atoms with Gasteiger partial charge in [-0.2, -0.15) is 0 Å². The Morgan fingerprint density at radius 2 is 2.05 bits per heavy atom. The van der Waals surface area contributed by atoms with Gasteiger partial charge in [0.15, 0.2) is 5.82 Å². The summed E-state index contributed by atoms with van der Waals surface area (Å²) in [5.41, 5.74) is 2.17. The number of hydrogen-bond donors (Lipinski definition) is 2. The van der Waals surface area contributed by atoms with Gasteiger partial charge in [-0.3, -0.25) is 4.79 Å². The normalized spacial score (nSPS) is 12.0. The van der Waals surface area contributed by atoms with Gasteiger partial charge in [0.2, 0.25) is 0 Å². The second-order valence-corrected chi connectivity index (χ2v) is 5.29. The summed E-state index contributed by atoms with van der Waals surface area (Å²) in [6, 6.07) is 3.65. The van der Waals surface area contributed by atoms with Gasteiger partial charge in [-0.25, -0.2) is 9.97 Å². The number of aromatic amines is 1. The summed E-state index contributed by atoms with van der Waals surface area (Å²) in [6.45, 7) is 5.58. The monoisotopic (exact) mass is 287 g/mol. The minimum absolute atomic E-state index is 0.102. The van der Waals surface area contributed by atoms with Gasteiger partial charge in [0.05, 0.1) is 23.0 Å². The maximum Gasteiger partial charge on any atom is 0.256 e. The van der Waals surface area contributed by atoms with E-state index in [9.17, 15) is 4.79 Å². The molecule has 2 aromatic heterocycles. The van der Waals surface area contributed by atoms with Crippen LogP contribution in [-0.4, -0.2) is 29.0 Å². The number of hydrogen-bond acceptors (Lipinski definition) is 5. The lowest BCUT2D eigenvalue weighted by Gasteiger charge is -2.21. The Hall–Kier alpha value is -2.37. The van der Waals surface area contributed by atoms with Gasteiger partial charge in [-0.05, 0) is 32.9 Å². The molecule has 0 radical (unpaired) electrons. The van der Waals surface area contributed by atoms with Gasteiger partial charge in [0.25, 0.3) is 5.56 Å².